The summed E-state index contributed by atoms with van der Waals surface area (Å²) in [5, 5.41) is 29.5. The van der Waals surface area contributed by atoms with Crippen molar-refractivity contribution >= 4 is 16.9 Å². The average Bonchev–Trinajstić information content (AvgIpc) is 2.78. The van der Waals surface area contributed by atoms with Crippen LogP contribution in [0, 0.1) is 17.5 Å². The summed E-state index contributed by atoms with van der Waals surface area (Å²) in [6, 6.07) is 7.33. The van der Waals surface area contributed by atoms with Crippen LogP contribution in [-0.2, 0) is 4.79 Å². The normalized spacial score (nSPS) is 15.3. The van der Waals surface area contributed by atoms with Crippen molar-refractivity contribution in [3.05, 3.63) is 81.3 Å². The maximum absolute atomic E-state index is 14.7. The summed E-state index contributed by atoms with van der Waals surface area (Å²) in [5.74, 6) is -8.57. The van der Waals surface area contributed by atoms with E-state index in [4.69, 9.17) is 9.15 Å². The maximum atomic E-state index is 14.7. The number of phenols is 3. The van der Waals surface area contributed by atoms with Gasteiger partial charge in [-0.2, -0.15) is 0 Å². The summed E-state index contributed by atoms with van der Waals surface area (Å²) in [5.41, 5.74) is -1.22. The highest BCUT2D eigenvalue weighted by Gasteiger charge is 2.36. The van der Waals surface area contributed by atoms with E-state index < -0.39 is 58.4 Å². The lowest BCUT2D eigenvalue weighted by Gasteiger charge is -2.26. The fourth-order valence-electron chi connectivity index (χ4n) is 4.05. The number of carbonyl (C=O) groups is 1. The van der Waals surface area contributed by atoms with Gasteiger partial charge >= 0.3 is 5.97 Å². The van der Waals surface area contributed by atoms with Gasteiger partial charge in [0.2, 0.25) is 0 Å². The quantitative estimate of drug-likeness (QED) is 0.172. The number of ether oxygens (including phenoxy) is 1. The van der Waals surface area contributed by atoms with E-state index in [9.17, 15) is 38.1 Å². The number of hydrogen-bond donors (Lipinski definition) is 3. The zero-order chi connectivity index (χ0) is 24.3. The van der Waals surface area contributed by atoms with E-state index in [1.807, 2.05) is 0 Å². The third-order valence-electron chi connectivity index (χ3n) is 5.63. The highest BCUT2D eigenvalue weighted by atomic mass is 19.2. The molecule has 0 saturated heterocycles. The van der Waals surface area contributed by atoms with Crippen LogP contribution in [0.2, 0.25) is 0 Å². The molecule has 0 bridgehead atoms. The first-order chi connectivity index (χ1) is 16.2. The van der Waals surface area contributed by atoms with Crippen LogP contribution in [0.15, 0.2) is 51.7 Å². The Morgan fingerprint density at radius 1 is 0.853 bits per heavy atom. The van der Waals surface area contributed by atoms with Crippen LogP contribution >= 0.6 is 0 Å². The summed E-state index contributed by atoms with van der Waals surface area (Å²) >= 11 is 0. The predicted octanol–water partition coefficient (Wildman–Crippen LogP) is 4.44. The fourth-order valence-corrected chi connectivity index (χ4v) is 4.05. The molecule has 34 heavy (non-hydrogen) atoms. The second-order valence-corrected chi connectivity index (χ2v) is 7.69. The number of fused-ring (bicyclic) bond motifs is 3. The Morgan fingerprint density at radius 2 is 1.62 bits per heavy atom. The van der Waals surface area contributed by atoms with Crippen molar-refractivity contribution in [1.82, 2.24) is 0 Å². The average molecular weight is 470 g/mol. The van der Waals surface area contributed by atoms with Crippen LogP contribution in [-0.4, -0.2) is 21.3 Å². The summed E-state index contributed by atoms with van der Waals surface area (Å²) in [6.07, 6.45) is -0.483. The number of phenolic OH excluding ortho intramolecular Hbond substituents is 3. The summed E-state index contributed by atoms with van der Waals surface area (Å²) in [7, 11) is 0. The summed E-state index contributed by atoms with van der Waals surface area (Å²) in [6.45, 7) is 0. The third kappa shape index (κ3) is 3.22. The van der Waals surface area contributed by atoms with Gasteiger partial charge in [0.15, 0.2) is 34.4 Å². The van der Waals surface area contributed by atoms with Gasteiger partial charge < -0.3 is 24.5 Å². The second-order valence-electron chi connectivity index (χ2n) is 7.69. The fraction of sp³-hybridized carbons (Fsp3) is 0.0833. The molecule has 0 spiro atoms. The molecule has 10 heteroatoms. The van der Waals surface area contributed by atoms with Crippen LogP contribution in [0.4, 0.5) is 13.2 Å². The zero-order valence-corrected chi connectivity index (χ0v) is 16.9. The van der Waals surface area contributed by atoms with Crippen molar-refractivity contribution in [1.29, 1.82) is 0 Å². The first kappa shape index (κ1) is 21.4. The molecule has 3 aromatic carbocycles. The van der Waals surface area contributed by atoms with Gasteiger partial charge in [-0.1, -0.05) is 6.07 Å². The molecule has 1 aromatic heterocycles. The molecule has 0 amide bonds. The molecule has 4 aromatic rings. The lowest BCUT2D eigenvalue weighted by molar-refractivity contribution is -0.135. The summed E-state index contributed by atoms with van der Waals surface area (Å²) in [4.78, 5) is 25.1. The van der Waals surface area contributed by atoms with E-state index in [-0.39, 0.29) is 39.2 Å². The van der Waals surface area contributed by atoms with Crippen molar-refractivity contribution in [3.63, 3.8) is 0 Å². The van der Waals surface area contributed by atoms with E-state index >= 15 is 0 Å². The molecule has 172 valence electrons. The van der Waals surface area contributed by atoms with E-state index in [0.717, 1.165) is 30.3 Å². The minimum Gasteiger partial charge on any atom is -0.507 e. The van der Waals surface area contributed by atoms with Gasteiger partial charge in [0, 0.05) is 29.2 Å². The number of rotatable bonds is 2. The Bertz CT molecular complexity index is 1580. The number of hydrogen-bond acceptors (Lipinski definition) is 7. The first-order valence-electron chi connectivity index (χ1n) is 9.86. The minimum atomic E-state index is -1.73. The molecule has 2 heterocycles. The number of carbonyl (C=O) groups excluding carboxylic acids is 1. The van der Waals surface area contributed by atoms with Crippen molar-refractivity contribution in [2.75, 3.05) is 0 Å². The third-order valence-corrected chi connectivity index (χ3v) is 5.63. The molecule has 0 fully saturated rings. The number of aromatic hydroxyl groups is 3. The van der Waals surface area contributed by atoms with Crippen LogP contribution in [0.3, 0.4) is 0 Å². The van der Waals surface area contributed by atoms with Crippen LogP contribution < -0.4 is 10.2 Å². The molecule has 3 N–H and O–H groups in total. The largest absolute Gasteiger partial charge is 0.507 e. The molecular weight excluding hydrogens is 457 g/mol. The van der Waals surface area contributed by atoms with Crippen molar-refractivity contribution in [3.8, 4) is 34.3 Å². The van der Waals surface area contributed by atoms with Gasteiger partial charge in [-0.05, 0) is 29.8 Å². The highest BCUT2D eigenvalue weighted by Crippen LogP contribution is 2.47. The predicted molar refractivity (Wildman–Crippen MR) is 111 cm³/mol. The number of benzene rings is 3. The topological polar surface area (TPSA) is 117 Å². The van der Waals surface area contributed by atoms with E-state index in [1.54, 1.807) is 0 Å². The molecule has 0 saturated carbocycles. The van der Waals surface area contributed by atoms with Crippen molar-refractivity contribution in [2.45, 2.75) is 12.3 Å². The number of esters is 1. The molecule has 1 aliphatic heterocycles. The van der Waals surface area contributed by atoms with E-state index in [2.05, 4.69) is 0 Å². The second kappa shape index (κ2) is 7.55. The lowest BCUT2D eigenvalue weighted by atomic mass is 9.84. The molecular formula is C24H13F3O7. The Morgan fingerprint density at radius 3 is 2.35 bits per heavy atom. The maximum Gasteiger partial charge on any atom is 0.312 e. The standard InChI is InChI=1S/C24H13F3O7/c25-12-3-2-10(22(26)23(12)27)11-6-19(32)33-18-8-16(31)21-15(30)7-17(34-24(21)20(11)18)9-1-4-13(28)14(29)5-9/h1-5,7-8,11,28-29,31H,6H2. The van der Waals surface area contributed by atoms with Crippen LogP contribution in [0.1, 0.15) is 23.5 Å². The van der Waals surface area contributed by atoms with Gasteiger partial charge in [-0.3, -0.25) is 9.59 Å². The number of halogens is 3. The molecule has 7 nitrogen and oxygen atoms in total. The van der Waals surface area contributed by atoms with Gasteiger partial charge in [0.05, 0.1) is 6.42 Å². The molecule has 1 aliphatic rings. The van der Waals surface area contributed by atoms with Gasteiger partial charge in [0.1, 0.15) is 28.2 Å². The Hall–Kier alpha value is -4.47. The molecule has 0 aliphatic carbocycles. The van der Waals surface area contributed by atoms with E-state index in [1.165, 1.54) is 6.07 Å². The first-order valence-corrected chi connectivity index (χ1v) is 9.86. The monoisotopic (exact) mass is 470 g/mol. The van der Waals surface area contributed by atoms with Gasteiger partial charge in [-0.25, -0.2) is 13.2 Å². The summed E-state index contributed by atoms with van der Waals surface area (Å²) < 4.78 is 53.2. The van der Waals surface area contributed by atoms with Crippen LogP contribution in [0.5, 0.6) is 23.0 Å². The Labute approximate surface area is 187 Å². The smallest absolute Gasteiger partial charge is 0.312 e. The van der Waals surface area contributed by atoms with Crippen molar-refractivity contribution < 1.29 is 42.4 Å². The zero-order valence-electron chi connectivity index (χ0n) is 16.9. The van der Waals surface area contributed by atoms with Gasteiger partial charge in [0.25, 0.3) is 0 Å². The minimum absolute atomic E-state index is 0.0285. The SMILES string of the molecule is O=C1CC(c2ccc(F)c(F)c2F)c2c(cc(O)c3c(=O)cc(-c4ccc(O)c(O)c4)oc23)O1. The molecule has 0 radical (unpaired) electrons. The van der Waals surface area contributed by atoms with E-state index in [0.29, 0.717) is 6.07 Å². The lowest BCUT2D eigenvalue weighted by Crippen LogP contribution is -2.23. The molecule has 1 atom stereocenters. The Balaban J connectivity index is 1.84. The molecule has 5 rings (SSSR count). The van der Waals surface area contributed by atoms with Gasteiger partial charge in [-0.15, -0.1) is 0 Å². The van der Waals surface area contributed by atoms with Crippen molar-refractivity contribution in [2.24, 2.45) is 0 Å². The highest BCUT2D eigenvalue weighted by molar-refractivity contribution is 5.93. The molecule has 1 unspecified atom stereocenters. The van der Waals surface area contributed by atoms with Crippen LogP contribution in [0.25, 0.3) is 22.3 Å². The Kier molecular flexibility index (Phi) is 4.75.